The van der Waals surface area contributed by atoms with E-state index in [0.29, 0.717) is 5.91 Å². The van der Waals surface area contributed by atoms with Gasteiger partial charge in [-0.15, -0.1) is 0 Å². The molecule has 1 saturated heterocycles. The highest BCUT2D eigenvalue weighted by molar-refractivity contribution is 5.85. The monoisotopic (exact) mass is 312 g/mol. The van der Waals surface area contributed by atoms with E-state index >= 15 is 0 Å². The zero-order chi connectivity index (χ0) is 15.9. The Kier molecular flexibility index (Phi) is 3.64. The van der Waals surface area contributed by atoms with Crippen LogP contribution in [0.15, 0.2) is 30.5 Å². The fourth-order valence-electron chi connectivity index (χ4n) is 3.96. The zero-order valence-electron chi connectivity index (χ0n) is 13.7. The summed E-state index contributed by atoms with van der Waals surface area (Å²) in [5.74, 6) is 0.437. The Morgan fingerprint density at radius 3 is 2.78 bits per heavy atom. The van der Waals surface area contributed by atoms with Crippen molar-refractivity contribution in [1.82, 2.24) is 9.88 Å². The van der Waals surface area contributed by atoms with Crippen LogP contribution in [-0.2, 0) is 14.9 Å². The topological polar surface area (TPSA) is 45.3 Å². The quantitative estimate of drug-likeness (QED) is 0.943. The van der Waals surface area contributed by atoms with E-state index in [-0.39, 0.29) is 11.3 Å². The minimum absolute atomic E-state index is 0.146. The third-order valence-corrected chi connectivity index (χ3v) is 5.50. The van der Waals surface area contributed by atoms with E-state index in [2.05, 4.69) is 35.4 Å². The standard InChI is InChI=1S/C19H24N2O2/c1-21(18(22)14-6-10-23-11-7-14)13-19(8-9-19)16-12-20-17-5-3-2-4-15(16)17/h2-5,12,14,20H,6-11,13H2,1H3. The van der Waals surface area contributed by atoms with Crippen LogP contribution in [0.2, 0.25) is 0 Å². The van der Waals surface area contributed by atoms with Gasteiger partial charge in [0.05, 0.1) is 0 Å². The number of benzene rings is 1. The van der Waals surface area contributed by atoms with Crippen LogP contribution in [0.4, 0.5) is 0 Å². The van der Waals surface area contributed by atoms with E-state index in [4.69, 9.17) is 4.74 Å². The van der Waals surface area contributed by atoms with E-state index < -0.39 is 0 Å². The molecular formula is C19H24N2O2. The molecule has 122 valence electrons. The second-order valence-corrected chi connectivity index (χ2v) is 7.11. The lowest BCUT2D eigenvalue weighted by molar-refractivity contribution is -0.137. The molecule has 4 rings (SSSR count). The Balaban J connectivity index is 1.52. The molecule has 0 radical (unpaired) electrons. The van der Waals surface area contributed by atoms with Crippen LogP contribution in [0.3, 0.4) is 0 Å². The van der Waals surface area contributed by atoms with Gasteiger partial charge in [-0.05, 0) is 37.3 Å². The molecule has 4 heteroatoms. The first-order chi connectivity index (χ1) is 11.2. The van der Waals surface area contributed by atoms with Crippen molar-refractivity contribution in [1.29, 1.82) is 0 Å². The number of amides is 1. The lowest BCUT2D eigenvalue weighted by Gasteiger charge is -2.29. The van der Waals surface area contributed by atoms with E-state index in [0.717, 1.165) is 32.6 Å². The van der Waals surface area contributed by atoms with Gasteiger partial charge < -0.3 is 14.6 Å². The van der Waals surface area contributed by atoms with Crippen molar-refractivity contribution in [2.45, 2.75) is 31.1 Å². The maximum absolute atomic E-state index is 12.7. The van der Waals surface area contributed by atoms with Gasteiger partial charge in [-0.25, -0.2) is 0 Å². The molecule has 0 bridgehead atoms. The number of hydrogen-bond donors (Lipinski definition) is 1. The number of carbonyl (C=O) groups excluding carboxylic acids is 1. The lowest BCUT2D eigenvalue weighted by atomic mass is 9.93. The second-order valence-electron chi connectivity index (χ2n) is 7.11. The number of H-pyrrole nitrogens is 1. The normalized spacial score (nSPS) is 20.6. The summed E-state index contributed by atoms with van der Waals surface area (Å²) < 4.78 is 5.38. The molecule has 2 heterocycles. The van der Waals surface area contributed by atoms with E-state index in [9.17, 15) is 4.79 Å². The number of nitrogens with zero attached hydrogens (tertiary/aromatic N) is 1. The van der Waals surface area contributed by atoms with Crippen molar-refractivity contribution in [2.24, 2.45) is 5.92 Å². The minimum Gasteiger partial charge on any atom is -0.381 e. The van der Waals surface area contributed by atoms with Crippen molar-refractivity contribution in [3.63, 3.8) is 0 Å². The highest BCUT2D eigenvalue weighted by Gasteiger charge is 2.47. The number of rotatable bonds is 4. The van der Waals surface area contributed by atoms with E-state index in [1.807, 2.05) is 11.9 Å². The maximum Gasteiger partial charge on any atom is 0.225 e. The van der Waals surface area contributed by atoms with Gasteiger partial charge in [0.15, 0.2) is 0 Å². The predicted octanol–water partition coefficient (Wildman–Crippen LogP) is 3.08. The van der Waals surface area contributed by atoms with Crippen LogP contribution in [0.25, 0.3) is 10.9 Å². The molecule has 0 unspecified atom stereocenters. The number of carbonyl (C=O) groups is 1. The molecule has 4 nitrogen and oxygen atoms in total. The number of aromatic amines is 1. The first-order valence-electron chi connectivity index (χ1n) is 8.59. The number of ether oxygens (including phenoxy) is 1. The summed E-state index contributed by atoms with van der Waals surface area (Å²) in [7, 11) is 1.96. The lowest BCUT2D eigenvalue weighted by Crippen LogP contribution is -2.40. The van der Waals surface area contributed by atoms with Gasteiger partial charge in [0.25, 0.3) is 0 Å². The zero-order valence-corrected chi connectivity index (χ0v) is 13.7. The Bertz CT molecular complexity index is 711. The largest absolute Gasteiger partial charge is 0.381 e. The first kappa shape index (κ1) is 14.8. The highest BCUT2D eigenvalue weighted by atomic mass is 16.5. The number of para-hydroxylation sites is 1. The molecule has 1 aliphatic carbocycles. The average Bonchev–Trinajstić information content (AvgIpc) is 3.23. The number of fused-ring (bicyclic) bond motifs is 1. The van der Waals surface area contributed by atoms with Crippen molar-refractivity contribution in [2.75, 3.05) is 26.8 Å². The summed E-state index contributed by atoms with van der Waals surface area (Å²) in [4.78, 5) is 18.0. The molecular weight excluding hydrogens is 288 g/mol. The summed E-state index contributed by atoms with van der Waals surface area (Å²) in [5.41, 5.74) is 2.71. The van der Waals surface area contributed by atoms with Crippen LogP contribution < -0.4 is 0 Å². The van der Waals surface area contributed by atoms with Crippen LogP contribution >= 0.6 is 0 Å². The van der Waals surface area contributed by atoms with Crippen LogP contribution in [0.5, 0.6) is 0 Å². The van der Waals surface area contributed by atoms with Gasteiger partial charge in [0.2, 0.25) is 5.91 Å². The number of likely N-dealkylation sites (N-methyl/N-ethyl adjacent to an activating group) is 1. The predicted molar refractivity (Wildman–Crippen MR) is 90.4 cm³/mol. The molecule has 1 aromatic carbocycles. The van der Waals surface area contributed by atoms with Crippen molar-refractivity contribution < 1.29 is 9.53 Å². The number of hydrogen-bond acceptors (Lipinski definition) is 2. The average molecular weight is 312 g/mol. The molecule has 1 saturated carbocycles. The van der Waals surface area contributed by atoms with Gasteiger partial charge in [-0.2, -0.15) is 0 Å². The van der Waals surface area contributed by atoms with Gasteiger partial charge in [0.1, 0.15) is 0 Å². The van der Waals surface area contributed by atoms with E-state index in [1.165, 1.54) is 29.3 Å². The first-order valence-corrected chi connectivity index (χ1v) is 8.59. The third-order valence-electron chi connectivity index (χ3n) is 5.50. The fourth-order valence-corrected chi connectivity index (χ4v) is 3.96. The fraction of sp³-hybridized carbons (Fsp3) is 0.526. The number of aromatic nitrogens is 1. The summed E-state index contributed by atoms with van der Waals surface area (Å²) in [6.45, 7) is 2.26. The van der Waals surface area contributed by atoms with Gasteiger partial charge in [0, 0.05) is 55.2 Å². The molecule has 2 aromatic rings. The molecule has 1 N–H and O–H groups in total. The molecule has 0 atom stereocenters. The summed E-state index contributed by atoms with van der Waals surface area (Å²) in [6, 6.07) is 8.45. The summed E-state index contributed by atoms with van der Waals surface area (Å²) in [5, 5.41) is 1.30. The van der Waals surface area contributed by atoms with Crippen molar-refractivity contribution in [3.8, 4) is 0 Å². The molecule has 2 fully saturated rings. The van der Waals surface area contributed by atoms with Gasteiger partial charge in [-0.1, -0.05) is 18.2 Å². The summed E-state index contributed by atoms with van der Waals surface area (Å²) in [6.07, 6.45) is 6.21. The Morgan fingerprint density at radius 1 is 1.30 bits per heavy atom. The summed E-state index contributed by atoms with van der Waals surface area (Å²) >= 11 is 0. The Hall–Kier alpha value is -1.81. The van der Waals surface area contributed by atoms with Crippen LogP contribution in [0.1, 0.15) is 31.2 Å². The number of nitrogens with one attached hydrogen (secondary N) is 1. The minimum atomic E-state index is 0.146. The molecule has 1 aliphatic heterocycles. The maximum atomic E-state index is 12.7. The Morgan fingerprint density at radius 2 is 2.04 bits per heavy atom. The van der Waals surface area contributed by atoms with Crippen LogP contribution in [0, 0.1) is 5.92 Å². The molecule has 2 aliphatic rings. The SMILES string of the molecule is CN(CC1(c2c[nH]c3ccccc23)CC1)C(=O)C1CCOCC1. The van der Waals surface area contributed by atoms with Crippen molar-refractivity contribution in [3.05, 3.63) is 36.0 Å². The second kappa shape index (κ2) is 5.68. The smallest absolute Gasteiger partial charge is 0.225 e. The Labute approximate surface area is 136 Å². The van der Waals surface area contributed by atoms with Gasteiger partial charge in [-0.3, -0.25) is 4.79 Å². The molecule has 1 amide bonds. The van der Waals surface area contributed by atoms with Gasteiger partial charge >= 0.3 is 0 Å². The molecule has 23 heavy (non-hydrogen) atoms. The van der Waals surface area contributed by atoms with Crippen molar-refractivity contribution >= 4 is 16.8 Å². The van der Waals surface area contributed by atoms with Crippen LogP contribution in [-0.4, -0.2) is 42.6 Å². The molecule has 0 spiro atoms. The highest BCUT2D eigenvalue weighted by Crippen LogP contribution is 2.51. The van der Waals surface area contributed by atoms with E-state index in [1.54, 1.807) is 0 Å². The molecule has 1 aromatic heterocycles. The third kappa shape index (κ3) is 2.65.